The van der Waals surface area contributed by atoms with Crippen molar-refractivity contribution in [2.24, 2.45) is 5.92 Å². The van der Waals surface area contributed by atoms with E-state index in [9.17, 15) is 14.4 Å². The van der Waals surface area contributed by atoms with E-state index >= 15 is 0 Å². The van der Waals surface area contributed by atoms with Crippen molar-refractivity contribution >= 4 is 33.7 Å². The number of benzene rings is 1. The number of fused-ring (bicyclic) bond motifs is 1. The Bertz CT molecular complexity index is 597. The zero-order valence-corrected chi connectivity index (χ0v) is 12.7. The predicted octanol–water partition coefficient (Wildman–Crippen LogP) is 2.54. The molecule has 0 spiro atoms. The first-order valence-corrected chi connectivity index (χ1v) is 7.01. The first kappa shape index (κ1) is 14.7. The minimum atomic E-state index is -1.03. The summed E-state index contributed by atoms with van der Waals surface area (Å²) in [5, 5.41) is 8.97. The monoisotopic (exact) mass is 339 g/mol. The highest BCUT2D eigenvalue weighted by Gasteiger charge is 2.41. The van der Waals surface area contributed by atoms with Gasteiger partial charge in [0.1, 0.15) is 0 Å². The molecule has 0 radical (unpaired) electrons. The molecule has 1 aromatic carbocycles. The van der Waals surface area contributed by atoms with Gasteiger partial charge in [-0.05, 0) is 24.1 Å². The Morgan fingerprint density at radius 1 is 1.25 bits per heavy atom. The number of carboxylic acids is 1. The van der Waals surface area contributed by atoms with Gasteiger partial charge in [-0.15, -0.1) is 0 Å². The van der Waals surface area contributed by atoms with Crippen LogP contribution in [0.25, 0.3) is 0 Å². The molecule has 1 aliphatic heterocycles. The summed E-state index contributed by atoms with van der Waals surface area (Å²) in [6, 6.07) is 4.22. The smallest absolute Gasteiger partial charge is 0.305 e. The lowest BCUT2D eigenvalue weighted by Gasteiger charge is -2.28. The van der Waals surface area contributed by atoms with Crippen LogP contribution in [0.2, 0.25) is 0 Å². The molecule has 1 aromatic rings. The molecule has 6 heteroatoms. The van der Waals surface area contributed by atoms with Crippen LogP contribution in [-0.4, -0.2) is 33.8 Å². The Balaban J connectivity index is 2.42. The van der Waals surface area contributed by atoms with E-state index in [1.165, 1.54) is 0 Å². The van der Waals surface area contributed by atoms with Gasteiger partial charge in [0.2, 0.25) is 0 Å². The van der Waals surface area contributed by atoms with E-state index in [-0.39, 0.29) is 12.3 Å². The van der Waals surface area contributed by atoms with Gasteiger partial charge in [0.15, 0.2) is 0 Å². The number of aliphatic carboxylic acids is 1. The summed E-state index contributed by atoms with van der Waals surface area (Å²) in [6.07, 6.45) is -0.246. The highest BCUT2D eigenvalue weighted by molar-refractivity contribution is 9.10. The molecule has 1 atom stereocenters. The summed E-state index contributed by atoms with van der Waals surface area (Å²) in [5.41, 5.74) is 0.648. The van der Waals surface area contributed by atoms with E-state index in [1.54, 1.807) is 32.0 Å². The van der Waals surface area contributed by atoms with Crippen molar-refractivity contribution < 1.29 is 19.5 Å². The van der Waals surface area contributed by atoms with Crippen molar-refractivity contribution in [3.63, 3.8) is 0 Å². The third kappa shape index (κ3) is 2.47. The summed E-state index contributed by atoms with van der Waals surface area (Å²) in [6.45, 7) is 3.60. The molecule has 106 valence electrons. The number of carbonyl (C=O) groups excluding carboxylic acids is 2. The molecule has 1 heterocycles. The van der Waals surface area contributed by atoms with Crippen molar-refractivity contribution in [3.05, 3.63) is 33.8 Å². The van der Waals surface area contributed by atoms with Crippen molar-refractivity contribution in [2.45, 2.75) is 26.3 Å². The topological polar surface area (TPSA) is 74.7 Å². The summed E-state index contributed by atoms with van der Waals surface area (Å²) in [5.74, 6) is -2.00. The molecule has 1 aliphatic rings. The summed E-state index contributed by atoms with van der Waals surface area (Å²) in [4.78, 5) is 36.8. The molecule has 0 fully saturated rings. The molecule has 0 bridgehead atoms. The quantitative estimate of drug-likeness (QED) is 0.855. The van der Waals surface area contributed by atoms with Gasteiger partial charge in [0.25, 0.3) is 11.8 Å². The number of carboxylic acid groups (broad SMARTS) is 1. The minimum Gasteiger partial charge on any atom is -0.481 e. The van der Waals surface area contributed by atoms with Crippen LogP contribution in [0, 0.1) is 5.92 Å². The van der Waals surface area contributed by atoms with Crippen molar-refractivity contribution in [3.8, 4) is 0 Å². The van der Waals surface area contributed by atoms with E-state index < -0.39 is 23.8 Å². The highest BCUT2D eigenvalue weighted by Crippen LogP contribution is 2.30. The molecule has 5 nitrogen and oxygen atoms in total. The fourth-order valence-corrected chi connectivity index (χ4v) is 2.70. The molecule has 2 rings (SSSR count). The predicted molar refractivity (Wildman–Crippen MR) is 75.5 cm³/mol. The molecule has 0 saturated carbocycles. The summed E-state index contributed by atoms with van der Waals surface area (Å²) < 4.78 is 0.707. The minimum absolute atomic E-state index is 0.128. The second-order valence-corrected chi connectivity index (χ2v) is 6.00. The number of imide groups is 1. The fraction of sp³-hybridized carbons (Fsp3) is 0.357. The number of rotatable bonds is 4. The Kier molecular flexibility index (Phi) is 3.94. The molecule has 1 N–H and O–H groups in total. The van der Waals surface area contributed by atoms with Crippen LogP contribution >= 0.6 is 15.9 Å². The van der Waals surface area contributed by atoms with Crippen LogP contribution in [0.4, 0.5) is 0 Å². The first-order chi connectivity index (χ1) is 9.32. The second-order valence-electron chi connectivity index (χ2n) is 5.08. The van der Waals surface area contributed by atoms with Crippen LogP contribution in [0.5, 0.6) is 0 Å². The molecule has 1 unspecified atom stereocenters. The zero-order valence-electron chi connectivity index (χ0n) is 11.1. The van der Waals surface area contributed by atoms with E-state index in [4.69, 9.17) is 5.11 Å². The zero-order chi connectivity index (χ0) is 15.0. The van der Waals surface area contributed by atoms with Gasteiger partial charge in [-0.1, -0.05) is 29.8 Å². The number of nitrogens with zero attached hydrogens (tertiary/aromatic N) is 1. The molecule has 20 heavy (non-hydrogen) atoms. The first-order valence-electron chi connectivity index (χ1n) is 6.22. The van der Waals surface area contributed by atoms with Gasteiger partial charge in [-0.2, -0.15) is 0 Å². The van der Waals surface area contributed by atoms with Crippen molar-refractivity contribution in [1.82, 2.24) is 4.90 Å². The van der Waals surface area contributed by atoms with E-state index in [0.717, 1.165) is 4.90 Å². The summed E-state index contributed by atoms with van der Waals surface area (Å²) >= 11 is 3.26. The van der Waals surface area contributed by atoms with E-state index in [0.29, 0.717) is 15.6 Å². The van der Waals surface area contributed by atoms with Gasteiger partial charge in [0, 0.05) is 4.47 Å². The Morgan fingerprint density at radius 3 is 2.40 bits per heavy atom. The lowest BCUT2D eigenvalue weighted by molar-refractivity contribution is -0.138. The van der Waals surface area contributed by atoms with Gasteiger partial charge >= 0.3 is 5.97 Å². The molecule has 2 amide bonds. The van der Waals surface area contributed by atoms with Crippen LogP contribution < -0.4 is 0 Å². The van der Waals surface area contributed by atoms with Crippen LogP contribution in [0.1, 0.15) is 41.0 Å². The van der Waals surface area contributed by atoms with E-state index in [1.807, 2.05) is 0 Å². The van der Waals surface area contributed by atoms with Crippen molar-refractivity contribution in [2.75, 3.05) is 0 Å². The number of hydrogen-bond acceptors (Lipinski definition) is 3. The van der Waals surface area contributed by atoms with Gasteiger partial charge in [-0.3, -0.25) is 19.3 Å². The third-order valence-corrected chi connectivity index (χ3v) is 3.86. The number of hydrogen-bond donors (Lipinski definition) is 1. The number of amides is 2. The SMILES string of the molecule is CC(C)C(CC(=O)O)N1C(=O)c2ccc(Br)cc2C1=O. The highest BCUT2D eigenvalue weighted by atomic mass is 79.9. The van der Waals surface area contributed by atoms with Gasteiger partial charge in [-0.25, -0.2) is 0 Å². The van der Waals surface area contributed by atoms with Crippen LogP contribution in [0.3, 0.4) is 0 Å². The molecule has 0 saturated heterocycles. The van der Waals surface area contributed by atoms with E-state index in [2.05, 4.69) is 15.9 Å². The number of halogens is 1. The van der Waals surface area contributed by atoms with Crippen molar-refractivity contribution in [1.29, 1.82) is 0 Å². The second kappa shape index (κ2) is 5.36. The maximum Gasteiger partial charge on any atom is 0.305 e. The van der Waals surface area contributed by atoms with Gasteiger partial charge < -0.3 is 5.11 Å². The maximum atomic E-state index is 12.4. The average Bonchev–Trinajstić information content (AvgIpc) is 2.58. The molecule has 0 aliphatic carbocycles. The maximum absolute atomic E-state index is 12.4. The van der Waals surface area contributed by atoms with Crippen LogP contribution in [-0.2, 0) is 4.79 Å². The summed E-state index contributed by atoms with van der Waals surface area (Å²) in [7, 11) is 0. The fourth-order valence-electron chi connectivity index (χ4n) is 2.34. The number of carbonyl (C=O) groups is 3. The standard InChI is InChI=1S/C14H14BrNO4/c1-7(2)11(6-12(17)18)16-13(19)9-4-3-8(15)5-10(9)14(16)20/h3-5,7,11H,6H2,1-2H3,(H,17,18). The largest absolute Gasteiger partial charge is 0.481 e. The van der Waals surface area contributed by atoms with Gasteiger partial charge in [0.05, 0.1) is 23.6 Å². The molecule has 0 aromatic heterocycles. The average molecular weight is 340 g/mol. The van der Waals surface area contributed by atoms with Crippen LogP contribution in [0.15, 0.2) is 22.7 Å². The Labute approximate surface area is 124 Å². The Morgan fingerprint density at radius 2 is 1.85 bits per heavy atom. The lowest BCUT2D eigenvalue weighted by Crippen LogP contribution is -2.44. The lowest BCUT2D eigenvalue weighted by atomic mass is 9.99. The molecular weight excluding hydrogens is 326 g/mol. The normalized spacial score (nSPS) is 15.7. The Hall–Kier alpha value is -1.69. The molecular formula is C14H14BrNO4. The third-order valence-electron chi connectivity index (χ3n) is 3.36.